The molecule has 0 saturated heterocycles. The van der Waals surface area contributed by atoms with E-state index in [9.17, 15) is 9.90 Å². The van der Waals surface area contributed by atoms with Crippen LogP contribution < -0.4 is 4.74 Å². The molecule has 30 heavy (non-hydrogen) atoms. The van der Waals surface area contributed by atoms with Gasteiger partial charge in [-0.3, -0.25) is 4.79 Å². The molecule has 4 nitrogen and oxygen atoms in total. The van der Waals surface area contributed by atoms with E-state index in [4.69, 9.17) is 9.47 Å². The van der Waals surface area contributed by atoms with E-state index < -0.39 is 11.7 Å². The lowest BCUT2D eigenvalue weighted by Gasteiger charge is -2.30. The molecule has 0 aliphatic carbocycles. The molecule has 0 aliphatic heterocycles. The fourth-order valence-corrected chi connectivity index (χ4v) is 2.57. The van der Waals surface area contributed by atoms with Gasteiger partial charge in [0.05, 0.1) is 6.10 Å². The third kappa shape index (κ3) is 6.93. The van der Waals surface area contributed by atoms with Gasteiger partial charge in [-0.2, -0.15) is 0 Å². The van der Waals surface area contributed by atoms with E-state index in [0.717, 1.165) is 16.3 Å². The molecule has 1 N–H and O–H groups in total. The number of carbonyl (C=O) groups excluding carboxylic acids is 1. The van der Waals surface area contributed by atoms with Gasteiger partial charge in [-0.1, -0.05) is 62.1 Å². The Labute approximate surface area is 180 Å². The monoisotopic (exact) mass is 410 g/mol. The molecule has 0 radical (unpaired) electrons. The van der Waals surface area contributed by atoms with E-state index >= 15 is 0 Å². The molecule has 0 fully saturated rings. The van der Waals surface area contributed by atoms with Crippen LogP contribution in [-0.4, -0.2) is 23.0 Å². The van der Waals surface area contributed by atoms with Crippen LogP contribution in [0.5, 0.6) is 5.75 Å². The Morgan fingerprint density at radius 2 is 1.73 bits per heavy atom. The zero-order chi connectivity index (χ0) is 22.9. The summed E-state index contributed by atoms with van der Waals surface area (Å²) in [4.78, 5) is 11.9. The number of hydrogen-bond acceptors (Lipinski definition) is 4. The lowest BCUT2D eigenvalue weighted by atomic mass is 10.0. The summed E-state index contributed by atoms with van der Waals surface area (Å²) in [7, 11) is 0. The van der Waals surface area contributed by atoms with Crippen LogP contribution >= 0.6 is 0 Å². The molecule has 0 aromatic heterocycles. The molecule has 0 bridgehead atoms. The Bertz CT molecular complexity index is 900. The molecule has 0 spiro atoms. The number of aliphatic hydroxyl groups is 1. The Hall–Kier alpha value is -2.77. The van der Waals surface area contributed by atoms with Crippen molar-refractivity contribution in [3.05, 3.63) is 55.1 Å². The van der Waals surface area contributed by atoms with E-state index in [0.29, 0.717) is 12.2 Å². The molecule has 2 aromatic rings. The van der Waals surface area contributed by atoms with Crippen molar-refractivity contribution in [2.75, 3.05) is 0 Å². The normalized spacial score (nSPS) is 13.5. The molecule has 2 atom stereocenters. The molecule has 2 unspecified atom stereocenters. The summed E-state index contributed by atoms with van der Waals surface area (Å²) in [6.07, 6.45) is 0.253. The highest BCUT2D eigenvalue weighted by atomic mass is 16.6. The number of carbonyl (C=O) groups is 1. The summed E-state index contributed by atoms with van der Waals surface area (Å²) >= 11 is 0. The van der Waals surface area contributed by atoms with Crippen molar-refractivity contribution in [2.45, 2.75) is 59.9 Å². The van der Waals surface area contributed by atoms with Crippen LogP contribution in [0.1, 0.15) is 47.1 Å². The zero-order valence-electron chi connectivity index (χ0n) is 19.0. The van der Waals surface area contributed by atoms with Gasteiger partial charge in [-0.25, -0.2) is 0 Å². The van der Waals surface area contributed by atoms with Gasteiger partial charge in [-0.15, -0.1) is 13.2 Å². The quantitative estimate of drug-likeness (QED) is 0.295. The van der Waals surface area contributed by atoms with Crippen molar-refractivity contribution in [2.24, 2.45) is 11.8 Å². The third-order valence-electron chi connectivity index (χ3n) is 4.64. The maximum Gasteiger partial charge on any atom is 0.321 e. The second-order valence-corrected chi connectivity index (χ2v) is 7.79. The number of rotatable bonds is 6. The van der Waals surface area contributed by atoms with Crippen LogP contribution in [0, 0.1) is 23.7 Å². The minimum absolute atomic E-state index is 0.0868. The standard InChI is InChI=1S/C24H30O4.C2H4/c1-16(2)24(6,26)28-22-20(15-14-19-11-7-8-13-21(19)22)12-9-10-18(5)23(25)27-17(3)4;1-2/h7-8,11,13-18,26H,12H2,1-6H3;1-2H2. The number of fused-ring (bicyclic) bond motifs is 1. The highest BCUT2D eigenvalue weighted by Gasteiger charge is 2.28. The highest BCUT2D eigenvalue weighted by molar-refractivity contribution is 5.89. The average Bonchev–Trinajstić information content (AvgIpc) is 2.70. The van der Waals surface area contributed by atoms with Crippen molar-refractivity contribution in [3.8, 4) is 17.6 Å². The van der Waals surface area contributed by atoms with E-state index in [2.05, 4.69) is 25.0 Å². The van der Waals surface area contributed by atoms with Gasteiger partial charge < -0.3 is 14.6 Å². The average molecular weight is 411 g/mol. The Balaban J connectivity index is 0.00000218. The van der Waals surface area contributed by atoms with E-state index in [1.165, 1.54) is 0 Å². The minimum Gasteiger partial charge on any atom is -0.462 e. The SMILES string of the molecule is C=C.CC(C)OC(=O)C(C)C#CCc1ccc2ccccc2c1OC(C)(O)C(C)C. The topological polar surface area (TPSA) is 55.8 Å². The first kappa shape index (κ1) is 25.3. The summed E-state index contributed by atoms with van der Waals surface area (Å²) in [5.74, 6) is 4.44. The summed E-state index contributed by atoms with van der Waals surface area (Å²) < 4.78 is 11.3. The van der Waals surface area contributed by atoms with Crippen molar-refractivity contribution < 1.29 is 19.4 Å². The molecule has 0 aliphatic rings. The van der Waals surface area contributed by atoms with Gasteiger partial charge in [0.25, 0.3) is 0 Å². The zero-order valence-corrected chi connectivity index (χ0v) is 19.0. The molecular formula is C26H34O4. The first-order chi connectivity index (χ1) is 14.1. The molecule has 162 valence electrons. The fraction of sp³-hybridized carbons (Fsp3) is 0.423. The molecule has 4 heteroatoms. The highest BCUT2D eigenvalue weighted by Crippen LogP contribution is 2.34. The molecule has 2 aromatic carbocycles. The summed E-state index contributed by atoms with van der Waals surface area (Å²) in [5.41, 5.74) is 0.872. The fourth-order valence-electron chi connectivity index (χ4n) is 2.57. The van der Waals surface area contributed by atoms with Crippen LogP contribution in [0.15, 0.2) is 49.6 Å². The second kappa shape index (κ2) is 11.4. The maximum atomic E-state index is 11.9. The van der Waals surface area contributed by atoms with Crippen molar-refractivity contribution in [3.63, 3.8) is 0 Å². The maximum absolute atomic E-state index is 11.9. The van der Waals surface area contributed by atoms with Crippen molar-refractivity contribution >= 4 is 16.7 Å². The first-order valence-electron chi connectivity index (χ1n) is 10.2. The number of hydrogen-bond donors (Lipinski definition) is 1. The minimum atomic E-state index is -1.30. The van der Waals surface area contributed by atoms with E-state index in [-0.39, 0.29) is 18.0 Å². The van der Waals surface area contributed by atoms with E-state index in [1.807, 2.05) is 64.1 Å². The molecule has 0 heterocycles. The Morgan fingerprint density at radius 3 is 2.33 bits per heavy atom. The van der Waals surface area contributed by atoms with Gasteiger partial charge in [0.1, 0.15) is 11.7 Å². The van der Waals surface area contributed by atoms with Gasteiger partial charge in [-0.05, 0) is 26.2 Å². The Morgan fingerprint density at radius 1 is 1.10 bits per heavy atom. The van der Waals surface area contributed by atoms with E-state index in [1.54, 1.807) is 13.8 Å². The second-order valence-electron chi connectivity index (χ2n) is 7.79. The smallest absolute Gasteiger partial charge is 0.321 e. The van der Waals surface area contributed by atoms with Gasteiger partial charge in [0.15, 0.2) is 0 Å². The van der Waals surface area contributed by atoms with Crippen molar-refractivity contribution in [1.82, 2.24) is 0 Å². The van der Waals surface area contributed by atoms with Crippen LogP contribution in [0.3, 0.4) is 0 Å². The number of ether oxygens (including phenoxy) is 2. The van der Waals surface area contributed by atoms with Gasteiger partial charge in [0.2, 0.25) is 5.79 Å². The Kier molecular flexibility index (Phi) is 9.62. The number of benzene rings is 2. The summed E-state index contributed by atoms with van der Waals surface area (Å²) in [6.45, 7) is 16.9. The summed E-state index contributed by atoms with van der Waals surface area (Å²) in [5, 5.41) is 12.6. The first-order valence-corrected chi connectivity index (χ1v) is 10.2. The number of esters is 1. The lowest BCUT2D eigenvalue weighted by molar-refractivity contribution is -0.153. The van der Waals surface area contributed by atoms with Gasteiger partial charge >= 0.3 is 5.97 Å². The van der Waals surface area contributed by atoms with Crippen LogP contribution in [0.4, 0.5) is 0 Å². The lowest BCUT2D eigenvalue weighted by Crippen LogP contribution is -2.38. The van der Waals surface area contributed by atoms with Crippen LogP contribution in [-0.2, 0) is 16.0 Å². The van der Waals surface area contributed by atoms with Gasteiger partial charge in [0, 0.05) is 30.2 Å². The molecule has 0 saturated carbocycles. The predicted octanol–water partition coefficient (Wildman–Crippen LogP) is 5.52. The van der Waals surface area contributed by atoms with Crippen molar-refractivity contribution in [1.29, 1.82) is 0 Å². The van der Waals surface area contributed by atoms with Crippen LogP contribution in [0.2, 0.25) is 0 Å². The third-order valence-corrected chi connectivity index (χ3v) is 4.64. The largest absolute Gasteiger partial charge is 0.462 e. The van der Waals surface area contributed by atoms with Crippen LogP contribution in [0.25, 0.3) is 10.8 Å². The molecular weight excluding hydrogens is 376 g/mol. The molecule has 2 rings (SSSR count). The molecule has 0 amide bonds. The summed E-state index contributed by atoms with van der Waals surface area (Å²) in [6, 6.07) is 11.9. The predicted molar refractivity (Wildman–Crippen MR) is 123 cm³/mol.